The molecule has 0 saturated carbocycles. The summed E-state index contributed by atoms with van der Waals surface area (Å²) in [6.07, 6.45) is 0. The Hall–Kier alpha value is -2.58. The third-order valence-electron chi connectivity index (χ3n) is 4.52. The van der Waals surface area contributed by atoms with Crippen LogP contribution >= 0.6 is 15.9 Å². The van der Waals surface area contributed by atoms with E-state index in [1.165, 1.54) is 0 Å². The molecule has 1 unspecified atom stereocenters. The van der Waals surface area contributed by atoms with Crippen LogP contribution in [0.15, 0.2) is 40.9 Å². The van der Waals surface area contributed by atoms with Crippen LogP contribution < -0.4 is 20.1 Å². The van der Waals surface area contributed by atoms with Crippen molar-refractivity contribution < 1.29 is 19.1 Å². The number of hydrogen-bond donors (Lipinski definition) is 2. The first-order valence-corrected chi connectivity index (χ1v) is 9.83. The van der Waals surface area contributed by atoms with Crippen molar-refractivity contribution in [3.8, 4) is 11.5 Å². The molecule has 0 aromatic heterocycles. The zero-order chi connectivity index (χ0) is 21.6. The summed E-state index contributed by atoms with van der Waals surface area (Å²) in [5, 5.41) is 5.71. The lowest BCUT2D eigenvalue weighted by molar-refractivity contribution is -0.122. The Morgan fingerprint density at radius 1 is 1.07 bits per heavy atom. The van der Waals surface area contributed by atoms with Crippen molar-refractivity contribution in [2.75, 3.05) is 38.4 Å². The number of anilines is 2. The summed E-state index contributed by atoms with van der Waals surface area (Å²) in [6.45, 7) is 3.74. The van der Waals surface area contributed by atoms with Gasteiger partial charge in [-0.05, 0) is 44.7 Å². The number of nitrogens with zero attached hydrogens (tertiary/aromatic N) is 1. The van der Waals surface area contributed by atoms with Crippen LogP contribution in [-0.2, 0) is 9.59 Å². The molecule has 0 heterocycles. The Morgan fingerprint density at radius 3 is 2.24 bits per heavy atom. The molecule has 0 radical (unpaired) electrons. The molecule has 0 saturated heterocycles. The molecule has 2 aromatic carbocycles. The quantitative estimate of drug-likeness (QED) is 0.624. The van der Waals surface area contributed by atoms with Gasteiger partial charge in [0.1, 0.15) is 11.5 Å². The largest absolute Gasteiger partial charge is 0.497 e. The fourth-order valence-corrected chi connectivity index (χ4v) is 3.12. The van der Waals surface area contributed by atoms with Gasteiger partial charge in [-0.3, -0.25) is 14.5 Å². The third kappa shape index (κ3) is 6.47. The van der Waals surface area contributed by atoms with Crippen LogP contribution in [0.3, 0.4) is 0 Å². The van der Waals surface area contributed by atoms with Gasteiger partial charge in [0, 0.05) is 34.0 Å². The summed E-state index contributed by atoms with van der Waals surface area (Å²) in [7, 11) is 4.81. The van der Waals surface area contributed by atoms with E-state index in [1.807, 2.05) is 25.1 Å². The van der Waals surface area contributed by atoms with E-state index in [0.717, 1.165) is 15.7 Å². The molecule has 2 aromatic rings. The Balaban J connectivity index is 1.97. The van der Waals surface area contributed by atoms with Gasteiger partial charge in [-0.1, -0.05) is 15.9 Å². The topological polar surface area (TPSA) is 79.9 Å². The lowest BCUT2D eigenvalue weighted by atomic mass is 10.2. The number of amides is 2. The fourth-order valence-electron chi connectivity index (χ4n) is 2.65. The maximum atomic E-state index is 12.6. The highest BCUT2D eigenvalue weighted by Gasteiger charge is 2.21. The number of methoxy groups -OCH3 is 2. The first-order chi connectivity index (χ1) is 13.7. The van der Waals surface area contributed by atoms with Crippen LogP contribution in [-0.4, -0.2) is 50.6 Å². The summed E-state index contributed by atoms with van der Waals surface area (Å²) in [5.74, 6) is 0.714. The number of carbonyl (C=O) groups excluding carboxylic acids is 2. The average Bonchev–Trinajstić information content (AvgIpc) is 2.68. The van der Waals surface area contributed by atoms with Crippen molar-refractivity contribution in [2.24, 2.45) is 0 Å². The van der Waals surface area contributed by atoms with E-state index in [9.17, 15) is 9.59 Å². The minimum absolute atomic E-state index is 0.0749. The maximum absolute atomic E-state index is 12.6. The highest BCUT2D eigenvalue weighted by molar-refractivity contribution is 9.10. The number of halogens is 1. The van der Waals surface area contributed by atoms with Crippen molar-refractivity contribution in [1.29, 1.82) is 0 Å². The van der Waals surface area contributed by atoms with Crippen molar-refractivity contribution in [1.82, 2.24) is 4.90 Å². The fraction of sp³-hybridized carbons (Fsp3) is 0.333. The van der Waals surface area contributed by atoms with E-state index < -0.39 is 6.04 Å². The zero-order valence-corrected chi connectivity index (χ0v) is 18.8. The smallest absolute Gasteiger partial charge is 0.241 e. The van der Waals surface area contributed by atoms with Crippen molar-refractivity contribution in [3.05, 3.63) is 46.4 Å². The van der Waals surface area contributed by atoms with E-state index in [1.54, 1.807) is 51.3 Å². The normalized spacial score (nSPS) is 11.7. The van der Waals surface area contributed by atoms with Gasteiger partial charge in [-0.25, -0.2) is 0 Å². The molecule has 7 nitrogen and oxygen atoms in total. The molecule has 2 rings (SSSR count). The average molecular weight is 464 g/mol. The Morgan fingerprint density at radius 2 is 1.69 bits per heavy atom. The van der Waals surface area contributed by atoms with Gasteiger partial charge < -0.3 is 20.1 Å². The molecular formula is C21H26BrN3O4. The van der Waals surface area contributed by atoms with Crippen molar-refractivity contribution >= 4 is 39.1 Å². The highest BCUT2D eigenvalue weighted by Crippen LogP contribution is 2.26. The minimum atomic E-state index is -0.524. The van der Waals surface area contributed by atoms with Gasteiger partial charge in [0.05, 0.1) is 26.8 Å². The molecule has 8 heteroatoms. The number of benzene rings is 2. The van der Waals surface area contributed by atoms with Crippen LogP contribution in [0.1, 0.15) is 12.5 Å². The summed E-state index contributed by atoms with van der Waals surface area (Å²) < 4.78 is 11.4. The van der Waals surface area contributed by atoms with Crippen LogP contribution in [0.25, 0.3) is 0 Å². The Labute approximate surface area is 179 Å². The van der Waals surface area contributed by atoms with Crippen LogP contribution in [0, 0.1) is 6.92 Å². The standard InChI is InChI=1S/C21H26BrN3O4/c1-13-8-15(22)6-7-19(13)24-20(26)12-25(3)14(2)21(27)23-16-9-17(28-4)11-18(10-16)29-5/h6-11,14H,12H2,1-5H3,(H,23,27)(H,24,26). The Bertz CT molecular complexity index is 866. The maximum Gasteiger partial charge on any atom is 0.241 e. The second-order valence-electron chi connectivity index (χ2n) is 6.69. The Kier molecular flexibility index (Phi) is 8.04. The number of aryl methyl sites for hydroxylation is 1. The molecule has 0 fully saturated rings. The number of carbonyl (C=O) groups is 2. The number of rotatable bonds is 8. The molecule has 156 valence electrons. The van der Waals surface area contributed by atoms with E-state index in [0.29, 0.717) is 17.2 Å². The second-order valence-corrected chi connectivity index (χ2v) is 7.60. The summed E-state index contributed by atoms with van der Waals surface area (Å²) in [6, 6.07) is 10.2. The lowest BCUT2D eigenvalue weighted by Crippen LogP contribution is -2.43. The first-order valence-electron chi connectivity index (χ1n) is 9.03. The summed E-state index contributed by atoms with van der Waals surface area (Å²) in [4.78, 5) is 26.7. The molecule has 0 bridgehead atoms. The van der Waals surface area contributed by atoms with Gasteiger partial charge in [0.25, 0.3) is 0 Å². The van der Waals surface area contributed by atoms with Crippen LogP contribution in [0.4, 0.5) is 11.4 Å². The summed E-state index contributed by atoms with van der Waals surface area (Å²) >= 11 is 3.40. The monoisotopic (exact) mass is 463 g/mol. The molecule has 1 atom stereocenters. The number of hydrogen-bond acceptors (Lipinski definition) is 5. The zero-order valence-electron chi connectivity index (χ0n) is 17.2. The molecule has 2 amide bonds. The molecule has 0 spiro atoms. The minimum Gasteiger partial charge on any atom is -0.497 e. The SMILES string of the molecule is COc1cc(NC(=O)C(C)N(C)CC(=O)Nc2ccc(Br)cc2C)cc(OC)c1. The lowest BCUT2D eigenvalue weighted by Gasteiger charge is -2.23. The molecule has 0 aliphatic rings. The predicted octanol–water partition coefficient (Wildman–Crippen LogP) is 3.67. The predicted molar refractivity (Wildman–Crippen MR) is 118 cm³/mol. The van der Waals surface area contributed by atoms with E-state index in [4.69, 9.17) is 9.47 Å². The third-order valence-corrected chi connectivity index (χ3v) is 5.01. The van der Waals surface area contributed by atoms with E-state index in [-0.39, 0.29) is 18.4 Å². The molecule has 29 heavy (non-hydrogen) atoms. The van der Waals surface area contributed by atoms with Crippen LogP contribution in [0.5, 0.6) is 11.5 Å². The molecule has 0 aliphatic carbocycles. The number of ether oxygens (including phenoxy) is 2. The van der Waals surface area contributed by atoms with Gasteiger partial charge in [0.15, 0.2) is 0 Å². The second kappa shape index (κ2) is 10.3. The van der Waals surface area contributed by atoms with Gasteiger partial charge in [0.2, 0.25) is 11.8 Å². The first kappa shape index (κ1) is 22.7. The van der Waals surface area contributed by atoms with Gasteiger partial charge in [-0.2, -0.15) is 0 Å². The highest BCUT2D eigenvalue weighted by atomic mass is 79.9. The summed E-state index contributed by atoms with van der Waals surface area (Å²) in [5.41, 5.74) is 2.25. The number of likely N-dealkylation sites (N-methyl/N-ethyl adjacent to an activating group) is 1. The van der Waals surface area contributed by atoms with Gasteiger partial charge in [-0.15, -0.1) is 0 Å². The molecule has 0 aliphatic heterocycles. The van der Waals surface area contributed by atoms with Crippen LogP contribution in [0.2, 0.25) is 0 Å². The van der Waals surface area contributed by atoms with Crippen molar-refractivity contribution in [3.63, 3.8) is 0 Å². The van der Waals surface area contributed by atoms with E-state index >= 15 is 0 Å². The van der Waals surface area contributed by atoms with Crippen molar-refractivity contribution in [2.45, 2.75) is 19.9 Å². The van der Waals surface area contributed by atoms with Gasteiger partial charge >= 0.3 is 0 Å². The van der Waals surface area contributed by atoms with E-state index in [2.05, 4.69) is 26.6 Å². The molecule has 2 N–H and O–H groups in total. The molecular weight excluding hydrogens is 438 g/mol. The number of nitrogens with one attached hydrogen (secondary N) is 2.